The summed E-state index contributed by atoms with van der Waals surface area (Å²) in [4.78, 5) is 30.5. The summed E-state index contributed by atoms with van der Waals surface area (Å²) < 4.78 is 30.3. The summed E-state index contributed by atoms with van der Waals surface area (Å²) in [6.45, 7) is 0. The number of fused-ring (bicyclic) bond motifs is 1. The second kappa shape index (κ2) is 4.87. The molecule has 0 aliphatic heterocycles. The average molecular weight is 371 g/mol. The van der Waals surface area contributed by atoms with Gasteiger partial charge in [-0.15, -0.1) is 0 Å². The molecule has 0 radical (unpaired) electrons. The van der Waals surface area contributed by atoms with E-state index in [1.165, 1.54) is 14.1 Å². The molecule has 22 heavy (non-hydrogen) atoms. The second-order valence-electron chi connectivity index (χ2n) is 4.73. The van der Waals surface area contributed by atoms with E-state index >= 15 is 0 Å². The van der Waals surface area contributed by atoms with Crippen molar-refractivity contribution in [1.82, 2.24) is 19.1 Å². The molecule has 0 aliphatic carbocycles. The van der Waals surface area contributed by atoms with Crippen LogP contribution in [0.5, 0.6) is 0 Å². The number of aromatic amines is 1. The minimum absolute atomic E-state index is 0.00122. The molecule has 114 valence electrons. The van der Waals surface area contributed by atoms with Crippen LogP contribution in [0.2, 0.25) is 0 Å². The predicted octanol–water partition coefficient (Wildman–Crippen LogP) is 1.67. The Hall–Kier alpha value is -2.29. The third-order valence-electron chi connectivity index (χ3n) is 3.34. The highest BCUT2D eigenvalue weighted by Crippen LogP contribution is 2.27. The maximum atomic E-state index is 14.0. The van der Waals surface area contributed by atoms with Crippen LogP contribution < -0.4 is 11.2 Å². The van der Waals surface area contributed by atoms with Gasteiger partial charge in [-0.3, -0.25) is 13.9 Å². The fraction of sp³-hybridized carbons (Fsp3) is 0.154. The maximum Gasteiger partial charge on any atom is 0.332 e. The van der Waals surface area contributed by atoms with Gasteiger partial charge in [0.25, 0.3) is 5.56 Å². The molecule has 6 nitrogen and oxygen atoms in total. The van der Waals surface area contributed by atoms with Gasteiger partial charge in [-0.2, -0.15) is 0 Å². The van der Waals surface area contributed by atoms with Gasteiger partial charge in [-0.1, -0.05) is 15.9 Å². The lowest BCUT2D eigenvalue weighted by atomic mass is 10.2. The number of H-pyrrole nitrogens is 1. The molecule has 2 heterocycles. The molecule has 9 heteroatoms. The van der Waals surface area contributed by atoms with Crippen molar-refractivity contribution in [2.24, 2.45) is 14.1 Å². The third kappa shape index (κ3) is 2.00. The first-order chi connectivity index (χ1) is 10.3. The molecule has 0 saturated carbocycles. The lowest BCUT2D eigenvalue weighted by Gasteiger charge is -2.02. The van der Waals surface area contributed by atoms with Gasteiger partial charge in [-0.25, -0.2) is 18.6 Å². The summed E-state index contributed by atoms with van der Waals surface area (Å²) in [5.41, 5.74) is -1.55. The topological polar surface area (TPSA) is 72.7 Å². The molecule has 0 fully saturated rings. The highest BCUT2D eigenvalue weighted by Gasteiger charge is 2.19. The van der Waals surface area contributed by atoms with E-state index in [-0.39, 0.29) is 21.5 Å². The molecule has 0 unspecified atom stereocenters. The van der Waals surface area contributed by atoms with Crippen molar-refractivity contribution in [3.8, 4) is 11.4 Å². The SMILES string of the molecule is Cn1c(=O)c2[nH]c(-c3c(F)cc(Br)cc3F)nc2n(C)c1=O. The normalized spacial score (nSPS) is 11.3. The van der Waals surface area contributed by atoms with E-state index in [1.54, 1.807) is 0 Å². The van der Waals surface area contributed by atoms with Gasteiger partial charge in [0.05, 0.1) is 5.56 Å². The van der Waals surface area contributed by atoms with E-state index in [0.29, 0.717) is 0 Å². The number of imidazole rings is 1. The number of aromatic nitrogens is 4. The van der Waals surface area contributed by atoms with Crippen molar-refractivity contribution < 1.29 is 8.78 Å². The number of nitrogens with zero attached hydrogens (tertiary/aromatic N) is 3. The van der Waals surface area contributed by atoms with Crippen LogP contribution in [0.15, 0.2) is 26.2 Å². The molecule has 0 spiro atoms. The Labute approximate surface area is 130 Å². The average Bonchev–Trinajstić information content (AvgIpc) is 2.86. The van der Waals surface area contributed by atoms with Crippen LogP contribution in [-0.4, -0.2) is 19.1 Å². The number of rotatable bonds is 1. The minimum Gasteiger partial charge on any atom is -0.332 e. The number of aryl methyl sites for hydroxylation is 1. The Kier molecular flexibility index (Phi) is 3.24. The zero-order valence-electron chi connectivity index (χ0n) is 11.4. The monoisotopic (exact) mass is 370 g/mol. The molecule has 1 aromatic carbocycles. The summed E-state index contributed by atoms with van der Waals surface area (Å²) in [6, 6.07) is 2.17. The molecule has 0 aliphatic rings. The van der Waals surface area contributed by atoms with Crippen LogP contribution >= 0.6 is 15.9 Å². The molecule has 1 N–H and O–H groups in total. The van der Waals surface area contributed by atoms with Crippen LogP contribution in [0.4, 0.5) is 8.78 Å². The van der Waals surface area contributed by atoms with E-state index in [9.17, 15) is 18.4 Å². The zero-order chi connectivity index (χ0) is 16.2. The molecule has 2 aromatic heterocycles. The predicted molar refractivity (Wildman–Crippen MR) is 79.6 cm³/mol. The van der Waals surface area contributed by atoms with E-state index in [0.717, 1.165) is 21.3 Å². The van der Waals surface area contributed by atoms with Gasteiger partial charge < -0.3 is 4.98 Å². The second-order valence-corrected chi connectivity index (χ2v) is 5.65. The quantitative estimate of drug-likeness (QED) is 0.708. The molecular formula is C13H9BrF2N4O2. The Bertz CT molecular complexity index is 1010. The summed E-state index contributed by atoms with van der Waals surface area (Å²) in [7, 11) is 2.73. The number of halogens is 3. The van der Waals surface area contributed by atoms with Crippen LogP contribution in [0.3, 0.4) is 0 Å². The lowest BCUT2D eigenvalue weighted by Crippen LogP contribution is -2.36. The molecule has 0 atom stereocenters. The Morgan fingerprint density at radius 3 is 2.32 bits per heavy atom. The smallest absolute Gasteiger partial charge is 0.332 e. The minimum atomic E-state index is -0.840. The first-order valence-electron chi connectivity index (χ1n) is 6.12. The number of benzene rings is 1. The van der Waals surface area contributed by atoms with Gasteiger partial charge >= 0.3 is 5.69 Å². The fourth-order valence-corrected chi connectivity index (χ4v) is 2.61. The Balaban J connectivity index is 2.41. The van der Waals surface area contributed by atoms with E-state index in [4.69, 9.17) is 0 Å². The van der Waals surface area contributed by atoms with Gasteiger partial charge in [0, 0.05) is 18.6 Å². The fourth-order valence-electron chi connectivity index (χ4n) is 2.21. The molecule has 3 rings (SSSR count). The van der Waals surface area contributed by atoms with Gasteiger partial charge in [0.1, 0.15) is 23.0 Å². The van der Waals surface area contributed by atoms with Crippen LogP contribution in [0, 0.1) is 11.6 Å². The van der Waals surface area contributed by atoms with Crippen LogP contribution in [-0.2, 0) is 14.1 Å². The standard InChI is InChI=1S/C13H9BrF2N4O2/c1-19-11-9(12(21)20(2)13(19)22)17-10(18-11)8-6(15)3-5(14)4-7(8)16/h3-4H,1-2H3,(H,17,18). The van der Waals surface area contributed by atoms with Crippen LogP contribution in [0.25, 0.3) is 22.6 Å². The van der Waals surface area contributed by atoms with Crippen molar-refractivity contribution in [1.29, 1.82) is 0 Å². The largest absolute Gasteiger partial charge is 0.332 e. The third-order valence-corrected chi connectivity index (χ3v) is 3.80. The Morgan fingerprint density at radius 1 is 1.14 bits per heavy atom. The number of hydrogen-bond acceptors (Lipinski definition) is 3. The maximum absolute atomic E-state index is 14.0. The van der Waals surface area contributed by atoms with E-state index < -0.39 is 28.4 Å². The van der Waals surface area contributed by atoms with E-state index in [1.807, 2.05) is 0 Å². The molecule has 0 amide bonds. The Morgan fingerprint density at radius 2 is 1.73 bits per heavy atom. The van der Waals surface area contributed by atoms with Gasteiger partial charge in [0.2, 0.25) is 0 Å². The van der Waals surface area contributed by atoms with E-state index in [2.05, 4.69) is 25.9 Å². The van der Waals surface area contributed by atoms with Gasteiger partial charge in [-0.05, 0) is 12.1 Å². The van der Waals surface area contributed by atoms with Crippen molar-refractivity contribution in [3.63, 3.8) is 0 Å². The van der Waals surface area contributed by atoms with Crippen molar-refractivity contribution in [2.75, 3.05) is 0 Å². The van der Waals surface area contributed by atoms with Crippen LogP contribution in [0.1, 0.15) is 0 Å². The number of nitrogens with one attached hydrogen (secondary N) is 1. The van der Waals surface area contributed by atoms with Gasteiger partial charge in [0.15, 0.2) is 5.65 Å². The molecular weight excluding hydrogens is 362 g/mol. The first-order valence-corrected chi connectivity index (χ1v) is 6.91. The first kappa shape index (κ1) is 14.6. The summed E-state index contributed by atoms with van der Waals surface area (Å²) >= 11 is 2.99. The van der Waals surface area contributed by atoms with Crippen molar-refractivity contribution in [3.05, 3.63) is 49.1 Å². The zero-order valence-corrected chi connectivity index (χ0v) is 13.0. The summed E-state index contributed by atoms with van der Waals surface area (Å²) in [5.74, 6) is -1.84. The highest BCUT2D eigenvalue weighted by molar-refractivity contribution is 9.10. The van der Waals surface area contributed by atoms with Crippen molar-refractivity contribution in [2.45, 2.75) is 0 Å². The summed E-state index contributed by atoms with van der Waals surface area (Å²) in [6.07, 6.45) is 0. The molecule has 0 saturated heterocycles. The lowest BCUT2D eigenvalue weighted by molar-refractivity contribution is 0.586. The van der Waals surface area contributed by atoms with Crippen molar-refractivity contribution >= 4 is 27.1 Å². The molecule has 3 aromatic rings. The number of hydrogen-bond donors (Lipinski definition) is 1. The molecule has 0 bridgehead atoms. The highest BCUT2D eigenvalue weighted by atomic mass is 79.9. The summed E-state index contributed by atoms with van der Waals surface area (Å²) in [5, 5.41) is 0.